The number of carbonyl (C=O) groups is 2. The number of carbonyl (C=O) groups excluding carboxylic acids is 2. The fourth-order valence-corrected chi connectivity index (χ4v) is 3.93. The Morgan fingerprint density at radius 2 is 1.96 bits per heavy atom. The van der Waals surface area contributed by atoms with Gasteiger partial charge >= 0.3 is 5.97 Å². The molecule has 1 atom stereocenters. The highest BCUT2D eigenvalue weighted by atomic mass is 16.5. The van der Waals surface area contributed by atoms with Crippen molar-refractivity contribution >= 4 is 17.7 Å². The third-order valence-corrected chi connectivity index (χ3v) is 5.25. The number of nitrogens with one attached hydrogen (secondary N) is 1. The number of nitrogens with zero attached hydrogens (tertiary/aromatic N) is 2. The van der Waals surface area contributed by atoms with Gasteiger partial charge in [0.1, 0.15) is 5.82 Å². The van der Waals surface area contributed by atoms with Gasteiger partial charge in [-0.15, -0.1) is 0 Å². The molecule has 1 aromatic heterocycles. The Morgan fingerprint density at radius 1 is 1.24 bits per heavy atom. The van der Waals surface area contributed by atoms with E-state index in [-0.39, 0.29) is 17.8 Å². The van der Waals surface area contributed by atoms with E-state index >= 15 is 0 Å². The van der Waals surface area contributed by atoms with Crippen LogP contribution in [-0.2, 0) is 9.53 Å². The Kier molecular flexibility index (Phi) is 4.03. The van der Waals surface area contributed by atoms with Crippen molar-refractivity contribution in [2.45, 2.75) is 44.1 Å². The SMILES string of the molecule is COC(=O)c1ccc([C@H]2CC(=O)Nc3c2cnn3C2CCCC2)cc1. The zero-order chi connectivity index (χ0) is 17.4. The lowest BCUT2D eigenvalue weighted by atomic mass is 9.87. The number of rotatable bonds is 3. The van der Waals surface area contributed by atoms with Gasteiger partial charge in [0.05, 0.1) is 24.9 Å². The molecule has 1 fully saturated rings. The maximum absolute atomic E-state index is 12.3. The van der Waals surface area contributed by atoms with Crippen LogP contribution in [0.4, 0.5) is 5.82 Å². The van der Waals surface area contributed by atoms with Crippen molar-refractivity contribution < 1.29 is 14.3 Å². The maximum atomic E-state index is 12.3. The van der Waals surface area contributed by atoms with Crippen LogP contribution in [0, 0.1) is 0 Å². The molecule has 1 aliphatic heterocycles. The second-order valence-corrected chi connectivity index (χ2v) is 6.75. The van der Waals surface area contributed by atoms with E-state index in [1.807, 2.05) is 23.0 Å². The van der Waals surface area contributed by atoms with Crippen LogP contribution in [-0.4, -0.2) is 28.8 Å². The van der Waals surface area contributed by atoms with E-state index in [9.17, 15) is 9.59 Å². The van der Waals surface area contributed by atoms with Gasteiger partial charge in [0.2, 0.25) is 5.91 Å². The van der Waals surface area contributed by atoms with E-state index in [0.717, 1.165) is 29.8 Å². The largest absolute Gasteiger partial charge is 0.465 e. The lowest BCUT2D eigenvalue weighted by molar-refractivity contribution is -0.116. The third-order valence-electron chi connectivity index (χ3n) is 5.25. The number of hydrogen-bond acceptors (Lipinski definition) is 4. The van der Waals surface area contributed by atoms with Crippen LogP contribution in [0.25, 0.3) is 0 Å². The highest BCUT2D eigenvalue weighted by Gasteiger charge is 2.32. The zero-order valence-electron chi connectivity index (χ0n) is 14.2. The summed E-state index contributed by atoms with van der Waals surface area (Å²) in [6.07, 6.45) is 6.93. The number of anilines is 1. The Morgan fingerprint density at radius 3 is 2.64 bits per heavy atom. The minimum Gasteiger partial charge on any atom is -0.465 e. The number of methoxy groups -OCH3 is 1. The Balaban J connectivity index is 1.68. The number of esters is 1. The first kappa shape index (κ1) is 15.9. The van der Waals surface area contributed by atoms with Crippen molar-refractivity contribution in [3.63, 3.8) is 0 Å². The first-order chi connectivity index (χ1) is 12.2. The van der Waals surface area contributed by atoms with Crippen molar-refractivity contribution in [3.8, 4) is 0 Å². The maximum Gasteiger partial charge on any atom is 0.337 e. The molecule has 1 aromatic carbocycles. The number of benzene rings is 1. The van der Waals surface area contributed by atoms with Gasteiger partial charge in [0, 0.05) is 17.9 Å². The molecule has 1 saturated carbocycles. The van der Waals surface area contributed by atoms with Crippen molar-refractivity contribution in [3.05, 3.63) is 47.2 Å². The summed E-state index contributed by atoms with van der Waals surface area (Å²) < 4.78 is 6.73. The molecule has 0 spiro atoms. The molecule has 1 amide bonds. The fourth-order valence-electron chi connectivity index (χ4n) is 3.93. The third kappa shape index (κ3) is 2.81. The summed E-state index contributed by atoms with van der Waals surface area (Å²) >= 11 is 0. The van der Waals surface area contributed by atoms with Crippen LogP contribution in [0.15, 0.2) is 30.5 Å². The molecule has 2 aliphatic rings. The van der Waals surface area contributed by atoms with Gasteiger partial charge in [-0.1, -0.05) is 25.0 Å². The first-order valence-corrected chi connectivity index (χ1v) is 8.73. The number of fused-ring (bicyclic) bond motifs is 1. The molecule has 6 heteroatoms. The van der Waals surface area contributed by atoms with Gasteiger partial charge in [-0.3, -0.25) is 4.79 Å². The summed E-state index contributed by atoms with van der Waals surface area (Å²) in [7, 11) is 1.37. The monoisotopic (exact) mass is 339 g/mol. The van der Waals surface area contributed by atoms with Gasteiger partial charge in [-0.2, -0.15) is 5.10 Å². The lowest BCUT2D eigenvalue weighted by Gasteiger charge is -2.25. The molecule has 0 bridgehead atoms. The van der Waals surface area contributed by atoms with Gasteiger partial charge in [-0.05, 0) is 30.5 Å². The van der Waals surface area contributed by atoms with Crippen LogP contribution in [0.3, 0.4) is 0 Å². The van der Waals surface area contributed by atoms with Crippen LogP contribution >= 0.6 is 0 Å². The highest BCUT2D eigenvalue weighted by molar-refractivity contribution is 5.94. The number of hydrogen-bond donors (Lipinski definition) is 1. The van der Waals surface area contributed by atoms with E-state index in [0.29, 0.717) is 18.0 Å². The Bertz CT molecular complexity index is 804. The summed E-state index contributed by atoms with van der Waals surface area (Å²) in [4.78, 5) is 23.9. The van der Waals surface area contributed by atoms with Crippen molar-refractivity contribution in [1.82, 2.24) is 9.78 Å². The molecule has 1 N–H and O–H groups in total. The predicted octanol–water partition coefficient (Wildman–Crippen LogP) is 3.26. The normalized spacial score (nSPS) is 20.2. The molecule has 1 aliphatic carbocycles. The van der Waals surface area contributed by atoms with Crippen molar-refractivity contribution in [1.29, 1.82) is 0 Å². The standard InChI is InChI=1S/C19H21N3O3/c1-25-19(24)13-8-6-12(7-9-13)15-10-17(23)21-18-16(15)11-20-22(18)14-4-2-3-5-14/h6-9,11,14-15H,2-5,10H2,1H3,(H,21,23)/t15-/m1/s1. The van der Waals surface area contributed by atoms with Crippen LogP contribution < -0.4 is 5.32 Å². The summed E-state index contributed by atoms with van der Waals surface area (Å²) in [6, 6.07) is 7.66. The predicted molar refractivity (Wildman–Crippen MR) is 92.6 cm³/mol. The van der Waals surface area contributed by atoms with Gasteiger partial charge in [0.15, 0.2) is 0 Å². The minimum absolute atomic E-state index is 0.00860. The highest BCUT2D eigenvalue weighted by Crippen LogP contribution is 2.40. The Hall–Kier alpha value is -2.63. The summed E-state index contributed by atoms with van der Waals surface area (Å²) in [5.74, 6) is 0.452. The molecule has 0 unspecified atom stereocenters. The summed E-state index contributed by atoms with van der Waals surface area (Å²) in [6.45, 7) is 0. The lowest BCUT2D eigenvalue weighted by Crippen LogP contribution is -2.25. The number of amides is 1. The molecule has 2 heterocycles. The molecular formula is C19H21N3O3. The summed E-state index contributed by atoms with van der Waals surface area (Å²) in [5.41, 5.74) is 2.57. The van der Waals surface area contributed by atoms with Crippen molar-refractivity contribution in [2.75, 3.05) is 12.4 Å². The van der Waals surface area contributed by atoms with E-state index in [1.165, 1.54) is 20.0 Å². The average Bonchev–Trinajstić information content (AvgIpc) is 3.29. The van der Waals surface area contributed by atoms with Crippen LogP contribution in [0.1, 0.15) is 65.5 Å². The van der Waals surface area contributed by atoms with E-state index in [2.05, 4.69) is 10.4 Å². The number of aromatic nitrogens is 2. The summed E-state index contributed by atoms with van der Waals surface area (Å²) in [5, 5.41) is 7.59. The molecule has 2 aromatic rings. The first-order valence-electron chi connectivity index (χ1n) is 8.73. The average molecular weight is 339 g/mol. The van der Waals surface area contributed by atoms with Gasteiger partial charge < -0.3 is 10.1 Å². The number of ether oxygens (including phenoxy) is 1. The Labute approximate surface area is 146 Å². The van der Waals surface area contributed by atoms with Crippen molar-refractivity contribution in [2.24, 2.45) is 0 Å². The molecule has 25 heavy (non-hydrogen) atoms. The zero-order valence-corrected chi connectivity index (χ0v) is 14.2. The molecule has 130 valence electrons. The fraction of sp³-hybridized carbons (Fsp3) is 0.421. The quantitative estimate of drug-likeness (QED) is 0.871. The van der Waals surface area contributed by atoms with Crippen LogP contribution in [0.2, 0.25) is 0 Å². The second kappa shape index (κ2) is 6.35. The molecule has 0 radical (unpaired) electrons. The minimum atomic E-state index is -0.359. The van der Waals surface area contributed by atoms with E-state index in [1.54, 1.807) is 12.1 Å². The van der Waals surface area contributed by atoms with Gasteiger partial charge in [0.25, 0.3) is 0 Å². The topological polar surface area (TPSA) is 73.2 Å². The van der Waals surface area contributed by atoms with E-state index in [4.69, 9.17) is 4.74 Å². The molecule has 0 saturated heterocycles. The van der Waals surface area contributed by atoms with Crippen LogP contribution in [0.5, 0.6) is 0 Å². The van der Waals surface area contributed by atoms with Gasteiger partial charge in [-0.25, -0.2) is 9.48 Å². The van der Waals surface area contributed by atoms with E-state index < -0.39 is 0 Å². The smallest absolute Gasteiger partial charge is 0.337 e. The molecular weight excluding hydrogens is 318 g/mol. The molecule has 4 rings (SSSR count). The molecule has 6 nitrogen and oxygen atoms in total. The second-order valence-electron chi connectivity index (χ2n) is 6.75.